The zero-order valence-corrected chi connectivity index (χ0v) is 11.6. The van der Waals surface area contributed by atoms with Crippen LogP contribution >= 0.6 is 0 Å². The Hall–Kier alpha value is -1.94. The summed E-state index contributed by atoms with van der Waals surface area (Å²) in [4.78, 5) is 18.9. The van der Waals surface area contributed by atoms with Gasteiger partial charge in [0.25, 0.3) is 5.91 Å². The molecule has 0 radical (unpaired) electrons. The summed E-state index contributed by atoms with van der Waals surface area (Å²) in [5.74, 6) is 0.432. The minimum absolute atomic E-state index is 0.0104. The molecule has 2 atom stereocenters. The van der Waals surface area contributed by atoms with Gasteiger partial charge in [-0.05, 0) is 23.8 Å². The molecule has 104 valence electrons. The molecular formula is C16H19N3O. The molecule has 0 aliphatic carbocycles. The van der Waals surface area contributed by atoms with Crippen LogP contribution in [0.2, 0.25) is 0 Å². The Bertz CT molecular complexity index is 625. The van der Waals surface area contributed by atoms with E-state index in [2.05, 4.69) is 11.9 Å². The fraction of sp³-hybridized carbons (Fsp3) is 0.375. The topological polar surface area (TPSA) is 59.2 Å². The van der Waals surface area contributed by atoms with Crippen LogP contribution in [0.4, 0.5) is 0 Å². The fourth-order valence-corrected chi connectivity index (χ4v) is 3.01. The number of hydrogen-bond donors (Lipinski definition) is 1. The molecule has 20 heavy (non-hydrogen) atoms. The predicted molar refractivity (Wildman–Crippen MR) is 79.4 cm³/mol. The first-order valence-electron chi connectivity index (χ1n) is 7.04. The highest BCUT2D eigenvalue weighted by molar-refractivity contribution is 6.05. The van der Waals surface area contributed by atoms with Crippen molar-refractivity contribution in [2.75, 3.05) is 13.1 Å². The molecule has 1 aromatic heterocycles. The first-order valence-corrected chi connectivity index (χ1v) is 7.04. The molecule has 2 heterocycles. The molecule has 0 bridgehead atoms. The molecule has 0 spiro atoms. The van der Waals surface area contributed by atoms with Gasteiger partial charge >= 0.3 is 0 Å². The second-order valence-electron chi connectivity index (χ2n) is 5.69. The predicted octanol–water partition coefficient (Wildman–Crippen LogP) is 2.04. The highest BCUT2D eigenvalue weighted by Crippen LogP contribution is 2.21. The third kappa shape index (κ3) is 2.39. The maximum absolute atomic E-state index is 12.7. The van der Waals surface area contributed by atoms with E-state index in [4.69, 9.17) is 5.73 Å². The summed E-state index contributed by atoms with van der Waals surface area (Å²) in [7, 11) is 0. The molecule has 2 unspecified atom stereocenters. The zero-order chi connectivity index (χ0) is 14.1. The van der Waals surface area contributed by atoms with Crippen LogP contribution in [0.3, 0.4) is 0 Å². The van der Waals surface area contributed by atoms with E-state index in [9.17, 15) is 4.79 Å². The van der Waals surface area contributed by atoms with Crippen molar-refractivity contribution in [2.45, 2.75) is 19.4 Å². The van der Waals surface area contributed by atoms with Gasteiger partial charge in [-0.1, -0.05) is 31.2 Å². The number of likely N-dealkylation sites (tertiary alicyclic amines) is 1. The van der Waals surface area contributed by atoms with Gasteiger partial charge in [-0.2, -0.15) is 0 Å². The summed E-state index contributed by atoms with van der Waals surface area (Å²) in [5.41, 5.74) is 6.56. The molecule has 1 amide bonds. The van der Waals surface area contributed by atoms with Gasteiger partial charge in [0.05, 0.1) is 0 Å². The van der Waals surface area contributed by atoms with Gasteiger partial charge in [0.1, 0.15) is 5.69 Å². The van der Waals surface area contributed by atoms with Crippen LogP contribution in [0, 0.1) is 5.92 Å². The van der Waals surface area contributed by atoms with Crippen molar-refractivity contribution in [1.82, 2.24) is 9.88 Å². The summed E-state index contributed by atoms with van der Waals surface area (Å²) in [6, 6.07) is 9.84. The van der Waals surface area contributed by atoms with Crippen molar-refractivity contribution in [3.8, 4) is 0 Å². The van der Waals surface area contributed by atoms with E-state index in [1.807, 2.05) is 35.2 Å². The van der Waals surface area contributed by atoms with Crippen molar-refractivity contribution in [1.29, 1.82) is 0 Å². The van der Waals surface area contributed by atoms with Gasteiger partial charge in [-0.3, -0.25) is 9.78 Å². The minimum atomic E-state index is -0.0104. The number of carbonyl (C=O) groups is 1. The van der Waals surface area contributed by atoms with Crippen molar-refractivity contribution >= 4 is 16.7 Å². The molecule has 1 aromatic carbocycles. The molecule has 1 fully saturated rings. The van der Waals surface area contributed by atoms with Gasteiger partial charge in [0.15, 0.2) is 0 Å². The Morgan fingerprint density at radius 1 is 1.30 bits per heavy atom. The molecule has 2 N–H and O–H groups in total. The maximum Gasteiger partial charge on any atom is 0.273 e. The number of benzene rings is 1. The number of carbonyl (C=O) groups excluding carboxylic acids is 1. The van der Waals surface area contributed by atoms with Crippen LogP contribution in [-0.2, 0) is 0 Å². The van der Waals surface area contributed by atoms with Gasteiger partial charge < -0.3 is 10.6 Å². The summed E-state index contributed by atoms with van der Waals surface area (Å²) in [5, 5.41) is 1.95. The second kappa shape index (κ2) is 5.21. The molecular weight excluding hydrogens is 250 g/mol. The largest absolute Gasteiger partial charge is 0.335 e. The second-order valence-corrected chi connectivity index (χ2v) is 5.69. The van der Waals surface area contributed by atoms with Crippen molar-refractivity contribution in [2.24, 2.45) is 11.7 Å². The lowest BCUT2D eigenvalue weighted by atomic mass is 9.96. The van der Waals surface area contributed by atoms with E-state index in [0.29, 0.717) is 18.2 Å². The lowest BCUT2D eigenvalue weighted by molar-refractivity contribution is 0.0657. The number of hydrogen-bond acceptors (Lipinski definition) is 3. The van der Waals surface area contributed by atoms with Crippen LogP contribution in [0.15, 0.2) is 36.5 Å². The van der Waals surface area contributed by atoms with E-state index in [1.165, 1.54) is 0 Å². The average molecular weight is 269 g/mol. The number of aromatic nitrogens is 1. The van der Waals surface area contributed by atoms with E-state index in [1.54, 1.807) is 6.20 Å². The van der Waals surface area contributed by atoms with Crippen LogP contribution in [0.25, 0.3) is 10.8 Å². The average Bonchev–Trinajstić information content (AvgIpc) is 2.45. The SMILES string of the molecule is CC1CC(N)CN(C(=O)c2nccc3ccccc23)C1. The number of fused-ring (bicyclic) bond motifs is 1. The summed E-state index contributed by atoms with van der Waals surface area (Å²) >= 11 is 0. The van der Waals surface area contributed by atoms with Crippen molar-refractivity contribution < 1.29 is 4.79 Å². The van der Waals surface area contributed by atoms with Gasteiger partial charge in [0, 0.05) is 30.7 Å². The molecule has 0 saturated carbocycles. The third-order valence-corrected chi connectivity index (χ3v) is 3.86. The molecule has 4 nitrogen and oxygen atoms in total. The summed E-state index contributed by atoms with van der Waals surface area (Å²) < 4.78 is 0. The van der Waals surface area contributed by atoms with E-state index in [-0.39, 0.29) is 11.9 Å². The van der Waals surface area contributed by atoms with Crippen molar-refractivity contribution in [3.05, 3.63) is 42.2 Å². The summed E-state index contributed by atoms with van der Waals surface area (Å²) in [6.07, 6.45) is 2.68. The lowest BCUT2D eigenvalue weighted by Crippen LogP contribution is -2.49. The van der Waals surface area contributed by atoms with Gasteiger partial charge in [-0.15, -0.1) is 0 Å². The molecule has 1 aliphatic heterocycles. The number of rotatable bonds is 1. The third-order valence-electron chi connectivity index (χ3n) is 3.86. The number of nitrogens with zero attached hydrogens (tertiary/aromatic N) is 2. The molecule has 2 aromatic rings. The smallest absolute Gasteiger partial charge is 0.273 e. The van der Waals surface area contributed by atoms with E-state index >= 15 is 0 Å². The first kappa shape index (κ1) is 13.1. The van der Waals surface area contributed by atoms with Crippen LogP contribution < -0.4 is 5.73 Å². The fourth-order valence-electron chi connectivity index (χ4n) is 3.01. The summed E-state index contributed by atoms with van der Waals surface area (Å²) in [6.45, 7) is 3.52. The Balaban J connectivity index is 1.96. The minimum Gasteiger partial charge on any atom is -0.335 e. The standard InChI is InChI=1S/C16H19N3O/c1-11-8-13(17)10-19(9-11)16(20)15-14-5-3-2-4-12(14)6-7-18-15/h2-7,11,13H,8-10,17H2,1H3. The van der Waals surface area contributed by atoms with Gasteiger partial charge in [0.2, 0.25) is 0 Å². The molecule has 1 aliphatic rings. The Morgan fingerprint density at radius 3 is 2.90 bits per heavy atom. The van der Waals surface area contributed by atoms with E-state index in [0.717, 1.165) is 23.7 Å². The molecule has 1 saturated heterocycles. The number of amides is 1. The Kier molecular flexibility index (Phi) is 3.40. The number of nitrogens with two attached hydrogens (primary N) is 1. The maximum atomic E-state index is 12.7. The molecule has 3 rings (SSSR count). The Morgan fingerprint density at radius 2 is 2.10 bits per heavy atom. The van der Waals surface area contributed by atoms with Crippen LogP contribution in [0.1, 0.15) is 23.8 Å². The zero-order valence-electron chi connectivity index (χ0n) is 11.6. The highest BCUT2D eigenvalue weighted by atomic mass is 16.2. The quantitative estimate of drug-likeness (QED) is 0.862. The highest BCUT2D eigenvalue weighted by Gasteiger charge is 2.27. The lowest BCUT2D eigenvalue weighted by Gasteiger charge is -2.34. The van der Waals surface area contributed by atoms with E-state index < -0.39 is 0 Å². The monoisotopic (exact) mass is 269 g/mol. The molecule has 4 heteroatoms. The Labute approximate surface area is 118 Å². The first-order chi connectivity index (χ1) is 9.65. The van der Waals surface area contributed by atoms with Crippen LogP contribution in [0.5, 0.6) is 0 Å². The number of pyridine rings is 1. The van der Waals surface area contributed by atoms with Crippen molar-refractivity contribution in [3.63, 3.8) is 0 Å². The van der Waals surface area contributed by atoms with Crippen LogP contribution in [-0.4, -0.2) is 34.9 Å². The van der Waals surface area contributed by atoms with Gasteiger partial charge in [-0.25, -0.2) is 0 Å². The normalized spacial score (nSPS) is 23.0. The number of piperidine rings is 1.